The van der Waals surface area contributed by atoms with E-state index in [0.29, 0.717) is 0 Å². The molecule has 0 amide bonds. The molecule has 0 aliphatic heterocycles. The van der Waals surface area contributed by atoms with Crippen LogP contribution in [0.3, 0.4) is 0 Å². The molecule has 0 bridgehead atoms. The molecule has 7 heteroatoms. The van der Waals surface area contributed by atoms with Crippen molar-refractivity contribution in [2.75, 3.05) is 0 Å². The predicted molar refractivity (Wildman–Crippen MR) is 138 cm³/mol. The molecule has 7 nitrogen and oxygen atoms in total. The molecule has 5 N–H and O–H groups in total. The Bertz CT molecular complexity index is 1410. The average molecular weight is 483 g/mol. The maximum atomic E-state index is 13.8. The lowest BCUT2D eigenvalue weighted by Crippen LogP contribution is -2.19. The molecule has 0 saturated carbocycles. The predicted octanol–water partition coefficient (Wildman–Crippen LogP) is 5.49. The van der Waals surface area contributed by atoms with Gasteiger partial charge in [0.05, 0.1) is 11.0 Å². The summed E-state index contributed by atoms with van der Waals surface area (Å²) in [6.45, 7) is 10.8. The van der Waals surface area contributed by atoms with E-state index in [0.717, 1.165) is 11.1 Å². The molecule has 0 aliphatic carbocycles. The van der Waals surface area contributed by atoms with Crippen molar-refractivity contribution in [3.05, 3.63) is 56.3 Å². The Hall–Kier alpha value is -3.45. The van der Waals surface area contributed by atoms with E-state index in [4.69, 9.17) is 4.42 Å². The highest BCUT2D eigenvalue weighted by Gasteiger charge is 2.26. The van der Waals surface area contributed by atoms with Gasteiger partial charge in [0, 0.05) is 22.8 Å². The number of rotatable bonds is 7. The van der Waals surface area contributed by atoms with Crippen molar-refractivity contribution < 1.29 is 29.9 Å². The highest BCUT2D eigenvalue weighted by molar-refractivity contribution is 5.99. The Morgan fingerprint density at radius 3 is 1.94 bits per heavy atom. The van der Waals surface area contributed by atoms with E-state index in [1.807, 2.05) is 39.8 Å². The average Bonchev–Trinajstić information content (AvgIpc) is 2.72. The summed E-state index contributed by atoms with van der Waals surface area (Å²) >= 11 is 0. The third kappa shape index (κ3) is 5.30. The minimum Gasteiger partial charge on any atom is -0.507 e. The third-order valence-corrected chi connectivity index (χ3v) is 6.03. The zero-order chi connectivity index (χ0) is 26.2. The summed E-state index contributed by atoms with van der Waals surface area (Å²) in [7, 11) is 0. The van der Waals surface area contributed by atoms with Crippen LogP contribution in [0.1, 0.15) is 64.7 Å². The molecule has 2 aromatic carbocycles. The maximum absolute atomic E-state index is 13.8. The molecule has 0 saturated heterocycles. The van der Waals surface area contributed by atoms with Crippen molar-refractivity contribution in [1.29, 1.82) is 0 Å². The molecule has 0 spiro atoms. The standard InChI is InChI=1S/C28H34O7/c1-14(2)7-9-17-21-26(33)22-20(13-19(29)16(23(22)30)11-12-28(5,6)34)35-27(21)18(10-8-15(3)4)25(32)24(17)31/h7-8,13,29-32,34H,9-12H2,1-6H3. The summed E-state index contributed by atoms with van der Waals surface area (Å²) in [5, 5.41) is 53.3. The van der Waals surface area contributed by atoms with Crippen LogP contribution in [0.15, 0.2) is 38.6 Å². The van der Waals surface area contributed by atoms with Crippen LogP contribution in [0.2, 0.25) is 0 Å². The van der Waals surface area contributed by atoms with E-state index in [9.17, 15) is 30.3 Å². The van der Waals surface area contributed by atoms with Crippen LogP contribution in [0.25, 0.3) is 21.9 Å². The number of aromatic hydroxyl groups is 4. The third-order valence-electron chi connectivity index (χ3n) is 6.03. The molecule has 0 unspecified atom stereocenters. The fourth-order valence-corrected chi connectivity index (χ4v) is 4.04. The monoisotopic (exact) mass is 482 g/mol. The van der Waals surface area contributed by atoms with Gasteiger partial charge < -0.3 is 29.9 Å². The number of allylic oxidation sites excluding steroid dienone is 4. The van der Waals surface area contributed by atoms with Gasteiger partial charge in [0.15, 0.2) is 11.5 Å². The SMILES string of the molecule is CC(C)=CCc1c(O)c(O)c(CC=C(C)C)c2c(=O)c3c(O)c(CCC(C)(C)O)c(O)cc3oc12. The van der Waals surface area contributed by atoms with Gasteiger partial charge in [-0.25, -0.2) is 0 Å². The summed E-state index contributed by atoms with van der Waals surface area (Å²) in [5.41, 5.74) is 0.932. The zero-order valence-corrected chi connectivity index (χ0v) is 21.1. The Morgan fingerprint density at radius 1 is 0.857 bits per heavy atom. The van der Waals surface area contributed by atoms with Crippen molar-refractivity contribution in [2.45, 2.75) is 72.8 Å². The lowest BCUT2D eigenvalue weighted by Gasteiger charge is -2.19. The summed E-state index contributed by atoms with van der Waals surface area (Å²) in [6.07, 6.45) is 4.40. The fraction of sp³-hybridized carbons (Fsp3) is 0.393. The first-order chi connectivity index (χ1) is 16.2. The van der Waals surface area contributed by atoms with E-state index in [2.05, 4.69) is 0 Å². The van der Waals surface area contributed by atoms with Crippen LogP contribution in [-0.2, 0) is 19.3 Å². The minimum atomic E-state index is -1.04. The van der Waals surface area contributed by atoms with Crippen LogP contribution in [0.4, 0.5) is 0 Å². The van der Waals surface area contributed by atoms with Crippen LogP contribution in [-0.4, -0.2) is 31.1 Å². The second kappa shape index (κ2) is 9.66. The highest BCUT2D eigenvalue weighted by atomic mass is 16.3. The number of hydrogen-bond acceptors (Lipinski definition) is 7. The summed E-state index contributed by atoms with van der Waals surface area (Å²) in [6, 6.07) is 1.26. The van der Waals surface area contributed by atoms with E-state index in [-0.39, 0.29) is 75.8 Å². The number of aliphatic hydroxyl groups is 1. The summed E-state index contributed by atoms with van der Waals surface area (Å²) in [5.74, 6) is -1.46. The van der Waals surface area contributed by atoms with Gasteiger partial charge in [-0.3, -0.25) is 4.79 Å². The summed E-state index contributed by atoms with van der Waals surface area (Å²) in [4.78, 5) is 13.8. The van der Waals surface area contributed by atoms with Gasteiger partial charge in [0.25, 0.3) is 0 Å². The molecular formula is C28H34O7. The number of hydrogen-bond donors (Lipinski definition) is 5. The minimum absolute atomic E-state index is 0.0405. The number of phenolic OH excluding ortho intramolecular Hbond substituents is 4. The van der Waals surface area contributed by atoms with Crippen molar-refractivity contribution in [2.24, 2.45) is 0 Å². The highest BCUT2D eigenvalue weighted by Crippen LogP contribution is 2.43. The first-order valence-electron chi connectivity index (χ1n) is 11.6. The molecule has 35 heavy (non-hydrogen) atoms. The van der Waals surface area contributed by atoms with E-state index in [1.165, 1.54) is 6.07 Å². The number of benzene rings is 2. The van der Waals surface area contributed by atoms with Gasteiger partial charge in [-0.05, 0) is 67.2 Å². The first kappa shape index (κ1) is 26.2. The topological polar surface area (TPSA) is 131 Å². The largest absolute Gasteiger partial charge is 0.507 e. The van der Waals surface area contributed by atoms with Crippen molar-refractivity contribution >= 4 is 21.9 Å². The molecule has 3 rings (SSSR count). The number of fused-ring (bicyclic) bond motifs is 2. The number of phenols is 4. The van der Waals surface area contributed by atoms with Crippen molar-refractivity contribution in [3.63, 3.8) is 0 Å². The Labute approximate surface area is 204 Å². The molecule has 0 aliphatic rings. The molecule has 0 fully saturated rings. The molecule has 3 aromatic rings. The Balaban J connectivity index is 2.46. The summed E-state index contributed by atoms with van der Waals surface area (Å²) < 4.78 is 6.05. The quantitative estimate of drug-likeness (QED) is 0.171. The van der Waals surface area contributed by atoms with E-state index < -0.39 is 22.5 Å². The van der Waals surface area contributed by atoms with Gasteiger partial charge >= 0.3 is 0 Å². The van der Waals surface area contributed by atoms with E-state index >= 15 is 0 Å². The zero-order valence-electron chi connectivity index (χ0n) is 21.1. The Morgan fingerprint density at radius 2 is 1.40 bits per heavy atom. The van der Waals surface area contributed by atoms with Gasteiger partial charge in [0.1, 0.15) is 28.1 Å². The Kier molecular flexibility index (Phi) is 7.22. The lowest BCUT2D eigenvalue weighted by molar-refractivity contribution is 0.0711. The fourth-order valence-electron chi connectivity index (χ4n) is 4.04. The molecule has 0 radical (unpaired) electrons. The van der Waals surface area contributed by atoms with Gasteiger partial charge in [-0.2, -0.15) is 0 Å². The normalized spacial score (nSPS) is 11.7. The van der Waals surface area contributed by atoms with E-state index in [1.54, 1.807) is 13.8 Å². The second-order valence-electron chi connectivity index (χ2n) is 10.2. The molecule has 188 valence electrons. The molecular weight excluding hydrogens is 448 g/mol. The van der Waals surface area contributed by atoms with Gasteiger partial charge in [-0.15, -0.1) is 0 Å². The lowest BCUT2D eigenvalue weighted by atomic mass is 9.93. The van der Waals surface area contributed by atoms with Gasteiger partial charge in [0.2, 0.25) is 5.43 Å². The van der Waals surface area contributed by atoms with Crippen molar-refractivity contribution in [3.8, 4) is 23.0 Å². The first-order valence-corrected chi connectivity index (χ1v) is 11.6. The van der Waals surface area contributed by atoms with Crippen LogP contribution >= 0.6 is 0 Å². The van der Waals surface area contributed by atoms with Crippen LogP contribution in [0, 0.1) is 0 Å². The molecule has 1 aromatic heterocycles. The second-order valence-corrected chi connectivity index (χ2v) is 10.2. The molecule has 0 atom stereocenters. The molecule has 1 heterocycles. The smallest absolute Gasteiger partial charge is 0.204 e. The van der Waals surface area contributed by atoms with Gasteiger partial charge in [-0.1, -0.05) is 23.3 Å². The van der Waals surface area contributed by atoms with Crippen LogP contribution < -0.4 is 5.43 Å². The van der Waals surface area contributed by atoms with Crippen molar-refractivity contribution in [1.82, 2.24) is 0 Å². The van der Waals surface area contributed by atoms with Crippen LogP contribution in [0.5, 0.6) is 23.0 Å². The maximum Gasteiger partial charge on any atom is 0.204 e.